The van der Waals surface area contributed by atoms with Crippen LogP contribution >= 0.6 is 0 Å². The van der Waals surface area contributed by atoms with Crippen molar-refractivity contribution < 1.29 is 9.18 Å². The summed E-state index contributed by atoms with van der Waals surface area (Å²) in [6.07, 6.45) is 1.80. The van der Waals surface area contributed by atoms with Gasteiger partial charge in [0.1, 0.15) is 11.6 Å². The van der Waals surface area contributed by atoms with Crippen molar-refractivity contribution in [3.05, 3.63) is 59.5 Å². The van der Waals surface area contributed by atoms with Gasteiger partial charge in [0.25, 0.3) is 0 Å². The fourth-order valence-electron chi connectivity index (χ4n) is 3.92. The highest BCUT2D eigenvalue weighted by Gasteiger charge is 2.46. The molecule has 24 heavy (non-hydrogen) atoms. The zero-order chi connectivity index (χ0) is 16.7. The minimum Gasteiger partial charge on any atom is -0.355 e. The normalized spacial score (nSPS) is 23.0. The Labute approximate surface area is 140 Å². The lowest BCUT2D eigenvalue weighted by Crippen LogP contribution is -2.33. The number of halogens is 1. The monoisotopic (exact) mass is 325 g/mol. The molecule has 0 spiro atoms. The highest BCUT2D eigenvalue weighted by Crippen LogP contribution is 2.35. The van der Waals surface area contributed by atoms with Crippen LogP contribution in [0.25, 0.3) is 0 Å². The third-order valence-electron chi connectivity index (χ3n) is 5.07. The number of benzene rings is 1. The summed E-state index contributed by atoms with van der Waals surface area (Å²) in [5, 5.41) is 0. The quantitative estimate of drug-likeness (QED) is 0.870. The van der Waals surface area contributed by atoms with Crippen LogP contribution in [0.15, 0.2) is 42.6 Å². The predicted molar refractivity (Wildman–Crippen MR) is 90.0 cm³/mol. The lowest BCUT2D eigenvalue weighted by Gasteiger charge is -2.23. The number of aryl methyl sites for hydroxylation is 1. The van der Waals surface area contributed by atoms with Gasteiger partial charge in [0.15, 0.2) is 0 Å². The van der Waals surface area contributed by atoms with Crippen LogP contribution in [0.4, 0.5) is 10.2 Å². The Kier molecular flexibility index (Phi) is 3.71. The molecule has 0 bridgehead atoms. The van der Waals surface area contributed by atoms with Gasteiger partial charge in [-0.1, -0.05) is 18.2 Å². The molecule has 0 unspecified atom stereocenters. The first-order valence-electron chi connectivity index (χ1n) is 8.31. The SMILES string of the molecule is Cc1cccnc1N1C[C@H]2CN(Cc3cccc(F)c3)C(=O)[C@H]2C1. The van der Waals surface area contributed by atoms with Crippen LogP contribution in [0.3, 0.4) is 0 Å². The van der Waals surface area contributed by atoms with Gasteiger partial charge in [-0.3, -0.25) is 4.79 Å². The summed E-state index contributed by atoms with van der Waals surface area (Å²) in [5.74, 6) is 1.26. The Morgan fingerprint density at radius 2 is 2.08 bits per heavy atom. The number of amides is 1. The van der Waals surface area contributed by atoms with E-state index in [2.05, 4.69) is 22.9 Å². The predicted octanol–water partition coefficient (Wildman–Crippen LogP) is 2.62. The molecule has 2 fully saturated rings. The minimum atomic E-state index is -0.254. The minimum absolute atomic E-state index is 0.0277. The number of nitrogens with zero attached hydrogens (tertiary/aromatic N) is 3. The number of carbonyl (C=O) groups is 1. The number of aromatic nitrogens is 1. The van der Waals surface area contributed by atoms with Crippen molar-refractivity contribution in [2.75, 3.05) is 24.5 Å². The van der Waals surface area contributed by atoms with Gasteiger partial charge in [-0.25, -0.2) is 9.37 Å². The molecule has 1 aromatic carbocycles. The summed E-state index contributed by atoms with van der Waals surface area (Å²) >= 11 is 0. The number of hydrogen-bond donors (Lipinski definition) is 0. The molecule has 4 nitrogen and oxygen atoms in total. The fourth-order valence-corrected chi connectivity index (χ4v) is 3.92. The van der Waals surface area contributed by atoms with E-state index in [0.29, 0.717) is 12.5 Å². The molecular weight excluding hydrogens is 305 g/mol. The van der Waals surface area contributed by atoms with E-state index in [0.717, 1.165) is 36.6 Å². The van der Waals surface area contributed by atoms with E-state index in [9.17, 15) is 9.18 Å². The summed E-state index contributed by atoms with van der Waals surface area (Å²) in [7, 11) is 0. The molecule has 0 saturated carbocycles. The molecule has 2 saturated heterocycles. The standard InChI is InChI=1S/C19H20FN3O/c1-13-4-3-7-21-18(13)22-10-15-11-23(19(24)17(15)12-22)9-14-5-2-6-16(20)8-14/h2-8,15,17H,9-12H2,1H3/t15-,17-/m0/s1. The smallest absolute Gasteiger partial charge is 0.228 e. The number of rotatable bonds is 3. The largest absolute Gasteiger partial charge is 0.355 e. The molecule has 1 amide bonds. The summed E-state index contributed by atoms with van der Waals surface area (Å²) in [6.45, 7) is 4.86. The zero-order valence-corrected chi connectivity index (χ0v) is 13.7. The molecule has 3 heterocycles. The molecule has 0 N–H and O–H groups in total. The highest BCUT2D eigenvalue weighted by atomic mass is 19.1. The number of fused-ring (bicyclic) bond motifs is 1. The molecule has 2 aromatic rings. The van der Waals surface area contributed by atoms with Crippen molar-refractivity contribution in [2.24, 2.45) is 11.8 Å². The average molecular weight is 325 g/mol. The van der Waals surface area contributed by atoms with Crippen molar-refractivity contribution in [3.8, 4) is 0 Å². The van der Waals surface area contributed by atoms with E-state index >= 15 is 0 Å². The van der Waals surface area contributed by atoms with Crippen LogP contribution in [-0.4, -0.2) is 35.4 Å². The van der Waals surface area contributed by atoms with Gasteiger partial charge in [0.05, 0.1) is 5.92 Å². The summed E-state index contributed by atoms with van der Waals surface area (Å²) in [6, 6.07) is 10.5. The molecule has 2 atom stereocenters. The maximum Gasteiger partial charge on any atom is 0.228 e. The second-order valence-corrected chi connectivity index (χ2v) is 6.76. The van der Waals surface area contributed by atoms with Crippen LogP contribution in [0.1, 0.15) is 11.1 Å². The van der Waals surface area contributed by atoms with E-state index in [1.807, 2.05) is 17.0 Å². The molecule has 124 valence electrons. The van der Waals surface area contributed by atoms with Crippen molar-refractivity contribution in [1.82, 2.24) is 9.88 Å². The van der Waals surface area contributed by atoms with Gasteiger partial charge in [-0.15, -0.1) is 0 Å². The number of carbonyl (C=O) groups excluding carboxylic acids is 1. The van der Waals surface area contributed by atoms with Crippen molar-refractivity contribution in [1.29, 1.82) is 0 Å². The fraction of sp³-hybridized carbons (Fsp3) is 0.368. The Bertz CT molecular complexity index is 779. The number of likely N-dealkylation sites (tertiary alicyclic amines) is 1. The van der Waals surface area contributed by atoms with Gasteiger partial charge >= 0.3 is 0 Å². The van der Waals surface area contributed by atoms with Crippen molar-refractivity contribution in [2.45, 2.75) is 13.5 Å². The topological polar surface area (TPSA) is 36.4 Å². The van der Waals surface area contributed by atoms with Gasteiger partial charge in [0, 0.05) is 38.3 Å². The Hall–Kier alpha value is -2.43. The van der Waals surface area contributed by atoms with E-state index in [4.69, 9.17) is 0 Å². The van der Waals surface area contributed by atoms with Crippen LogP contribution in [0.5, 0.6) is 0 Å². The summed E-state index contributed by atoms with van der Waals surface area (Å²) < 4.78 is 13.3. The number of pyridine rings is 1. The average Bonchev–Trinajstić information content (AvgIpc) is 3.08. The van der Waals surface area contributed by atoms with Crippen molar-refractivity contribution in [3.63, 3.8) is 0 Å². The first-order chi connectivity index (χ1) is 11.6. The van der Waals surface area contributed by atoms with E-state index < -0.39 is 0 Å². The Morgan fingerprint density at radius 3 is 2.83 bits per heavy atom. The van der Waals surface area contributed by atoms with Crippen LogP contribution in [0.2, 0.25) is 0 Å². The van der Waals surface area contributed by atoms with Crippen LogP contribution < -0.4 is 4.90 Å². The van der Waals surface area contributed by atoms with Gasteiger partial charge in [-0.2, -0.15) is 0 Å². The molecule has 2 aliphatic rings. The molecule has 4 rings (SSSR count). The Morgan fingerprint density at radius 1 is 1.21 bits per heavy atom. The van der Waals surface area contributed by atoms with Crippen LogP contribution in [0, 0.1) is 24.6 Å². The molecule has 5 heteroatoms. The molecule has 1 aromatic heterocycles. The third kappa shape index (κ3) is 2.64. The van der Waals surface area contributed by atoms with Gasteiger partial charge < -0.3 is 9.80 Å². The Balaban J connectivity index is 1.46. The molecule has 2 aliphatic heterocycles. The van der Waals surface area contributed by atoms with Gasteiger partial charge in [-0.05, 0) is 36.2 Å². The maximum absolute atomic E-state index is 13.3. The van der Waals surface area contributed by atoms with E-state index in [1.165, 1.54) is 12.1 Å². The molecular formula is C19H20FN3O. The summed E-state index contributed by atoms with van der Waals surface area (Å²) in [5.41, 5.74) is 1.99. The first kappa shape index (κ1) is 15.1. The maximum atomic E-state index is 13.3. The zero-order valence-electron chi connectivity index (χ0n) is 13.7. The second-order valence-electron chi connectivity index (χ2n) is 6.76. The van der Waals surface area contributed by atoms with Crippen molar-refractivity contribution >= 4 is 11.7 Å². The number of anilines is 1. The van der Waals surface area contributed by atoms with E-state index in [1.54, 1.807) is 12.3 Å². The second kappa shape index (κ2) is 5.89. The van der Waals surface area contributed by atoms with Crippen LogP contribution in [-0.2, 0) is 11.3 Å². The lowest BCUT2D eigenvalue weighted by atomic mass is 10.0. The summed E-state index contributed by atoms with van der Waals surface area (Å²) in [4.78, 5) is 21.3. The van der Waals surface area contributed by atoms with E-state index in [-0.39, 0.29) is 17.6 Å². The first-order valence-corrected chi connectivity index (χ1v) is 8.31. The molecule has 0 aliphatic carbocycles. The molecule has 0 radical (unpaired) electrons. The highest BCUT2D eigenvalue weighted by molar-refractivity contribution is 5.83. The van der Waals surface area contributed by atoms with Gasteiger partial charge in [0.2, 0.25) is 5.91 Å². The third-order valence-corrected chi connectivity index (χ3v) is 5.07. The lowest BCUT2D eigenvalue weighted by molar-refractivity contribution is -0.131. The number of hydrogen-bond acceptors (Lipinski definition) is 3.